The van der Waals surface area contributed by atoms with Crippen LogP contribution in [0.4, 0.5) is 0 Å². The van der Waals surface area contributed by atoms with Crippen molar-refractivity contribution in [1.82, 2.24) is 5.32 Å². The van der Waals surface area contributed by atoms with Crippen molar-refractivity contribution >= 4 is 23.1 Å². The first-order valence-corrected chi connectivity index (χ1v) is 8.73. The average molecular weight is 305 g/mol. The Morgan fingerprint density at radius 1 is 1.25 bits per heavy atom. The molecule has 0 aliphatic carbocycles. The SMILES string of the molecule is C[C@H]1CC(NCCc2ccc(O)cc2)c2ccsc2S1. The number of hydrogen-bond acceptors (Lipinski definition) is 4. The lowest BCUT2D eigenvalue weighted by Gasteiger charge is -2.27. The van der Waals surface area contributed by atoms with Gasteiger partial charge in [0.05, 0.1) is 4.21 Å². The lowest BCUT2D eigenvalue weighted by Crippen LogP contribution is -2.28. The Kier molecular flexibility index (Phi) is 4.34. The molecule has 0 saturated carbocycles. The topological polar surface area (TPSA) is 32.3 Å². The number of thiophene rings is 1. The van der Waals surface area contributed by atoms with Crippen molar-refractivity contribution in [1.29, 1.82) is 0 Å². The fraction of sp³-hybridized carbons (Fsp3) is 0.375. The second kappa shape index (κ2) is 6.20. The van der Waals surface area contributed by atoms with E-state index in [1.54, 1.807) is 12.1 Å². The molecule has 1 aliphatic rings. The third-order valence-corrected chi connectivity index (χ3v) is 5.99. The van der Waals surface area contributed by atoms with Gasteiger partial charge in [-0.25, -0.2) is 0 Å². The number of benzene rings is 1. The molecule has 3 rings (SSSR count). The predicted molar refractivity (Wildman–Crippen MR) is 86.8 cm³/mol. The minimum atomic E-state index is 0.336. The Morgan fingerprint density at radius 2 is 2.05 bits per heavy atom. The molecule has 2 atom stereocenters. The van der Waals surface area contributed by atoms with E-state index in [2.05, 4.69) is 23.7 Å². The highest BCUT2D eigenvalue weighted by atomic mass is 32.2. The van der Waals surface area contributed by atoms with Gasteiger partial charge in [0.2, 0.25) is 0 Å². The molecule has 2 nitrogen and oxygen atoms in total. The number of aromatic hydroxyl groups is 1. The van der Waals surface area contributed by atoms with Crippen LogP contribution in [-0.4, -0.2) is 16.9 Å². The van der Waals surface area contributed by atoms with Gasteiger partial charge in [-0.2, -0.15) is 0 Å². The number of rotatable bonds is 4. The summed E-state index contributed by atoms with van der Waals surface area (Å²) < 4.78 is 1.48. The summed E-state index contributed by atoms with van der Waals surface area (Å²) in [6, 6.07) is 10.2. The standard InChI is InChI=1S/C16H19NOS2/c1-11-10-15(14-7-9-19-16(14)20-11)17-8-6-12-2-4-13(18)5-3-12/h2-5,7,9,11,15,17-18H,6,8,10H2,1H3/t11-,15?/m0/s1. The molecule has 2 heterocycles. The van der Waals surface area contributed by atoms with Gasteiger partial charge in [0.1, 0.15) is 5.75 Å². The van der Waals surface area contributed by atoms with Crippen LogP contribution >= 0.6 is 23.1 Å². The first-order valence-electron chi connectivity index (χ1n) is 6.97. The molecule has 0 amide bonds. The summed E-state index contributed by atoms with van der Waals surface area (Å²) in [4.78, 5) is 0. The van der Waals surface area contributed by atoms with Crippen LogP contribution in [0.5, 0.6) is 5.75 Å². The minimum Gasteiger partial charge on any atom is -0.508 e. The van der Waals surface area contributed by atoms with Crippen LogP contribution in [0, 0.1) is 0 Å². The summed E-state index contributed by atoms with van der Waals surface area (Å²) in [7, 11) is 0. The van der Waals surface area contributed by atoms with Gasteiger partial charge in [-0.15, -0.1) is 23.1 Å². The van der Waals surface area contributed by atoms with Crippen molar-refractivity contribution in [3.8, 4) is 5.75 Å². The minimum absolute atomic E-state index is 0.336. The molecule has 1 aromatic carbocycles. The second-order valence-electron chi connectivity index (χ2n) is 5.25. The molecule has 4 heteroatoms. The number of phenolic OH excluding ortho intramolecular Hbond substituents is 1. The van der Waals surface area contributed by atoms with E-state index in [4.69, 9.17) is 0 Å². The van der Waals surface area contributed by atoms with E-state index in [0.717, 1.165) is 13.0 Å². The number of phenols is 1. The maximum Gasteiger partial charge on any atom is 0.115 e. The Morgan fingerprint density at radius 3 is 2.85 bits per heavy atom. The molecular weight excluding hydrogens is 286 g/mol. The molecule has 106 valence electrons. The van der Waals surface area contributed by atoms with Crippen LogP contribution in [0.2, 0.25) is 0 Å². The van der Waals surface area contributed by atoms with E-state index in [1.807, 2.05) is 35.2 Å². The fourth-order valence-electron chi connectivity index (χ4n) is 2.60. The number of fused-ring (bicyclic) bond motifs is 1. The molecule has 2 aromatic rings. The van der Waals surface area contributed by atoms with E-state index in [-0.39, 0.29) is 0 Å². The lowest BCUT2D eigenvalue weighted by atomic mass is 10.0. The van der Waals surface area contributed by atoms with Gasteiger partial charge in [-0.1, -0.05) is 19.1 Å². The van der Waals surface area contributed by atoms with E-state index < -0.39 is 0 Å². The predicted octanol–water partition coefficient (Wildman–Crippen LogP) is 4.21. The molecule has 1 aromatic heterocycles. The molecule has 0 radical (unpaired) electrons. The molecule has 0 bridgehead atoms. The Bertz CT molecular complexity index is 564. The normalized spacial score (nSPS) is 21.6. The largest absolute Gasteiger partial charge is 0.508 e. The van der Waals surface area contributed by atoms with Gasteiger partial charge in [-0.05, 0) is 54.1 Å². The van der Waals surface area contributed by atoms with Crippen molar-refractivity contribution in [3.05, 3.63) is 46.8 Å². The number of nitrogens with one attached hydrogen (secondary N) is 1. The van der Waals surface area contributed by atoms with Crippen LogP contribution in [0.25, 0.3) is 0 Å². The highest BCUT2D eigenvalue weighted by Gasteiger charge is 2.25. The van der Waals surface area contributed by atoms with Crippen LogP contribution < -0.4 is 5.32 Å². The van der Waals surface area contributed by atoms with E-state index in [9.17, 15) is 5.11 Å². The van der Waals surface area contributed by atoms with E-state index in [0.29, 0.717) is 17.0 Å². The summed E-state index contributed by atoms with van der Waals surface area (Å²) in [6.45, 7) is 3.28. The third kappa shape index (κ3) is 3.19. The highest BCUT2D eigenvalue weighted by molar-refractivity contribution is 8.01. The van der Waals surface area contributed by atoms with Crippen LogP contribution in [0.3, 0.4) is 0 Å². The zero-order valence-electron chi connectivity index (χ0n) is 11.5. The Labute approximate surface area is 128 Å². The molecule has 0 spiro atoms. The van der Waals surface area contributed by atoms with Gasteiger partial charge in [0.15, 0.2) is 0 Å². The molecule has 2 N–H and O–H groups in total. The van der Waals surface area contributed by atoms with Crippen molar-refractivity contribution in [3.63, 3.8) is 0 Å². The van der Waals surface area contributed by atoms with Crippen molar-refractivity contribution < 1.29 is 5.11 Å². The molecular formula is C16H19NOS2. The van der Waals surface area contributed by atoms with E-state index in [1.165, 1.54) is 21.8 Å². The Balaban J connectivity index is 1.58. The average Bonchev–Trinajstić information content (AvgIpc) is 2.89. The molecule has 1 unspecified atom stereocenters. The van der Waals surface area contributed by atoms with Gasteiger partial charge < -0.3 is 10.4 Å². The van der Waals surface area contributed by atoms with Crippen molar-refractivity contribution in [2.75, 3.05) is 6.54 Å². The van der Waals surface area contributed by atoms with Gasteiger partial charge in [0.25, 0.3) is 0 Å². The van der Waals surface area contributed by atoms with Crippen molar-refractivity contribution in [2.45, 2.75) is 35.3 Å². The van der Waals surface area contributed by atoms with Gasteiger partial charge in [0, 0.05) is 11.3 Å². The maximum absolute atomic E-state index is 9.28. The van der Waals surface area contributed by atoms with Gasteiger partial charge in [-0.3, -0.25) is 0 Å². The quantitative estimate of drug-likeness (QED) is 0.887. The van der Waals surface area contributed by atoms with Crippen LogP contribution in [0.1, 0.15) is 30.5 Å². The summed E-state index contributed by atoms with van der Waals surface area (Å²) in [5, 5.41) is 15.9. The third-order valence-electron chi connectivity index (χ3n) is 3.65. The lowest BCUT2D eigenvalue weighted by molar-refractivity contribution is 0.474. The van der Waals surface area contributed by atoms with E-state index >= 15 is 0 Å². The summed E-state index contributed by atoms with van der Waals surface area (Å²) in [6.07, 6.45) is 2.20. The van der Waals surface area contributed by atoms with Crippen LogP contribution in [0.15, 0.2) is 39.9 Å². The summed E-state index contributed by atoms with van der Waals surface area (Å²) >= 11 is 3.86. The van der Waals surface area contributed by atoms with Crippen LogP contribution in [-0.2, 0) is 6.42 Å². The first kappa shape index (κ1) is 14.0. The van der Waals surface area contributed by atoms with Crippen molar-refractivity contribution in [2.24, 2.45) is 0 Å². The zero-order valence-corrected chi connectivity index (χ0v) is 13.1. The number of hydrogen-bond donors (Lipinski definition) is 2. The highest BCUT2D eigenvalue weighted by Crippen LogP contribution is 2.43. The van der Waals surface area contributed by atoms with Gasteiger partial charge >= 0.3 is 0 Å². The maximum atomic E-state index is 9.28. The fourth-order valence-corrected chi connectivity index (χ4v) is 5.16. The molecule has 20 heavy (non-hydrogen) atoms. The second-order valence-corrected chi connectivity index (χ2v) is 7.87. The smallest absolute Gasteiger partial charge is 0.115 e. The summed E-state index contributed by atoms with van der Waals surface area (Å²) in [5.74, 6) is 0.336. The molecule has 1 aliphatic heterocycles. The molecule has 0 fully saturated rings. The summed E-state index contributed by atoms with van der Waals surface area (Å²) in [5.41, 5.74) is 2.74. The Hall–Kier alpha value is -0.970. The first-order chi connectivity index (χ1) is 9.72. The zero-order chi connectivity index (χ0) is 13.9. The molecule has 0 saturated heterocycles. The monoisotopic (exact) mass is 305 g/mol. The number of thioether (sulfide) groups is 1.